The molecule has 1 heterocycles. The molecule has 118 valence electrons. The van der Waals surface area contributed by atoms with E-state index in [1.807, 2.05) is 12.1 Å². The van der Waals surface area contributed by atoms with E-state index >= 15 is 0 Å². The molecule has 1 fully saturated rings. The molecule has 1 N–H and O–H groups in total. The lowest BCUT2D eigenvalue weighted by Gasteiger charge is -2.49. The van der Waals surface area contributed by atoms with Crippen LogP contribution in [0.25, 0.3) is 0 Å². The first-order valence-electron chi connectivity index (χ1n) is 8.23. The number of piperazine rings is 1. The molecule has 0 spiro atoms. The monoisotopic (exact) mass is 292 g/mol. The average Bonchev–Trinajstić information content (AvgIpc) is 2.49. The Morgan fingerprint density at radius 1 is 1.24 bits per heavy atom. The molecule has 1 atom stereocenters. The van der Waals surface area contributed by atoms with Crippen LogP contribution in [0.15, 0.2) is 24.3 Å². The minimum atomic E-state index is -0.157. The molecule has 1 aliphatic rings. The van der Waals surface area contributed by atoms with Crippen molar-refractivity contribution in [3.05, 3.63) is 35.6 Å². The van der Waals surface area contributed by atoms with Crippen molar-refractivity contribution in [3.8, 4) is 0 Å². The standard InChI is InChI=1S/C18H29FN2/c1-5-18(6-2)13-21(17(11-20-18)14(3)4)12-15-7-9-16(19)10-8-15/h7-10,14,17,20H,5-6,11-13H2,1-4H3. The van der Waals surface area contributed by atoms with Crippen LogP contribution in [0, 0.1) is 11.7 Å². The summed E-state index contributed by atoms with van der Waals surface area (Å²) in [5.74, 6) is 0.459. The van der Waals surface area contributed by atoms with Gasteiger partial charge >= 0.3 is 0 Å². The SMILES string of the molecule is CCC1(CC)CN(Cc2ccc(F)cc2)C(C(C)C)CN1. The summed E-state index contributed by atoms with van der Waals surface area (Å²) in [6.07, 6.45) is 2.29. The molecule has 1 unspecified atom stereocenters. The van der Waals surface area contributed by atoms with Gasteiger partial charge in [-0.15, -0.1) is 0 Å². The van der Waals surface area contributed by atoms with Crippen LogP contribution in [-0.2, 0) is 6.54 Å². The van der Waals surface area contributed by atoms with Crippen molar-refractivity contribution in [2.24, 2.45) is 5.92 Å². The predicted octanol–water partition coefficient (Wildman–Crippen LogP) is 3.81. The Morgan fingerprint density at radius 3 is 2.38 bits per heavy atom. The van der Waals surface area contributed by atoms with Crippen LogP contribution in [0.3, 0.4) is 0 Å². The fourth-order valence-corrected chi connectivity index (χ4v) is 3.39. The Morgan fingerprint density at radius 2 is 1.86 bits per heavy atom. The topological polar surface area (TPSA) is 15.3 Å². The van der Waals surface area contributed by atoms with E-state index < -0.39 is 0 Å². The van der Waals surface area contributed by atoms with E-state index in [0.717, 1.165) is 32.5 Å². The molecule has 0 saturated carbocycles. The van der Waals surface area contributed by atoms with Gasteiger partial charge in [-0.3, -0.25) is 4.90 Å². The van der Waals surface area contributed by atoms with Gasteiger partial charge in [0.15, 0.2) is 0 Å². The smallest absolute Gasteiger partial charge is 0.123 e. The zero-order valence-corrected chi connectivity index (χ0v) is 13.8. The van der Waals surface area contributed by atoms with Gasteiger partial charge in [0, 0.05) is 31.2 Å². The molecule has 21 heavy (non-hydrogen) atoms. The van der Waals surface area contributed by atoms with Crippen molar-refractivity contribution < 1.29 is 4.39 Å². The maximum absolute atomic E-state index is 13.1. The number of hydrogen-bond donors (Lipinski definition) is 1. The van der Waals surface area contributed by atoms with Crippen LogP contribution in [0.1, 0.15) is 46.1 Å². The molecule has 1 aromatic rings. The van der Waals surface area contributed by atoms with Gasteiger partial charge in [0.1, 0.15) is 5.82 Å². The molecule has 0 radical (unpaired) electrons. The Labute approximate surface area is 128 Å². The van der Waals surface area contributed by atoms with Crippen molar-refractivity contribution >= 4 is 0 Å². The van der Waals surface area contributed by atoms with Gasteiger partial charge in [0.2, 0.25) is 0 Å². The molecule has 3 heteroatoms. The van der Waals surface area contributed by atoms with Crippen LogP contribution in [-0.4, -0.2) is 29.6 Å². The van der Waals surface area contributed by atoms with E-state index in [2.05, 4.69) is 37.9 Å². The highest BCUT2D eigenvalue weighted by Gasteiger charge is 2.37. The molecule has 0 amide bonds. The number of halogens is 1. The molecule has 1 saturated heterocycles. The first-order chi connectivity index (χ1) is 9.99. The summed E-state index contributed by atoms with van der Waals surface area (Å²) >= 11 is 0. The summed E-state index contributed by atoms with van der Waals surface area (Å²) < 4.78 is 13.1. The summed E-state index contributed by atoms with van der Waals surface area (Å²) in [6, 6.07) is 7.49. The van der Waals surface area contributed by atoms with E-state index in [1.54, 1.807) is 12.1 Å². The van der Waals surface area contributed by atoms with E-state index in [0.29, 0.717) is 12.0 Å². The van der Waals surface area contributed by atoms with Gasteiger partial charge in [0.25, 0.3) is 0 Å². The molecule has 0 bridgehead atoms. The van der Waals surface area contributed by atoms with E-state index in [1.165, 1.54) is 5.56 Å². The maximum Gasteiger partial charge on any atom is 0.123 e. The predicted molar refractivity (Wildman–Crippen MR) is 86.8 cm³/mol. The Kier molecular flexibility index (Phi) is 5.39. The molecule has 1 aromatic carbocycles. The lowest BCUT2D eigenvalue weighted by atomic mass is 9.86. The second-order valence-electron chi connectivity index (χ2n) is 6.71. The third-order valence-electron chi connectivity index (χ3n) is 5.08. The molecular weight excluding hydrogens is 263 g/mol. The fraction of sp³-hybridized carbons (Fsp3) is 0.667. The summed E-state index contributed by atoms with van der Waals surface area (Å²) in [5, 5.41) is 3.79. The van der Waals surface area contributed by atoms with Gasteiger partial charge < -0.3 is 5.32 Å². The molecule has 1 aliphatic heterocycles. The van der Waals surface area contributed by atoms with Crippen LogP contribution >= 0.6 is 0 Å². The summed E-state index contributed by atoms with van der Waals surface area (Å²) in [5.41, 5.74) is 1.43. The average molecular weight is 292 g/mol. The first kappa shape index (κ1) is 16.4. The number of rotatable bonds is 5. The van der Waals surface area contributed by atoms with E-state index in [-0.39, 0.29) is 11.4 Å². The minimum absolute atomic E-state index is 0.157. The van der Waals surface area contributed by atoms with Crippen molar-refractivity contribution in [1.82, 2.24) is 10.2 Å². The number of nitrogens with one attached hydrogen (secondary N) is 1. The summed E-state index contributed by atoms with van der Waals surface area (Å²) in [4.78, 5) is 2.58. The van der Waals surface area contributed by atoms with Crippen molar-refractivity contribution in [1.29, 1.82) is 0 Å². The lowest BCUT2D eigenvalue weighted by Crippen LogP contribution is -2.64. The molecule has 0 aromatic heterocycles. The van der Waals surface area contributed by atoms with E-state index in [9.17, 15) is 4.39 Å². The fourth-order valence-electron chi connectivity index (χ4n) is 3.39. The van der Waals surface area contributed by atoms with Crippen LogP contribution in [0.4, 0.5) is 4.39 Å². The second-order valence-corrected chi connectivity index (χ2v) is 6.71. The zero-order chi connectivity index (χ0) is 15.5. The number of hydrogen-bond acceptors (Lipinski definition) is 2. The largest absolute Gasteiger partial charge is 0.308 e. The number of benzene rings is 1. The Hall–Kier alpha value is -0.930. The van der Waals surface area contributed by atoms with Gasteiger partial charge in [-0.25, -0.2) is 4.39 Å². The highest BCUT2D eigenvalue weighted by molar-refractivity contribution is 5.16. The normalized spacial score (nSPS) is 22.7. The maximum atomic E-state index is 13.1. The molecular formula is C18H29FN2. The second kappa shape index (κ2) is 6.89. The third kappa shape index (κ3) is 3.83. The van der Waals surface area contributed by atoms with Gasteiger partial charge in [-0.1, -0.05) is 39.8 Å². The quantitative estimate of drug-likeness (QED) is 0.887. The summed E-state index contributed by atoms with van der Waals surface area (Å²) in [6.45, 7) is 12.1. The van der Waals surface area contributed by atoms with Crippen molar-refractivity contribution in [3.63, 3.8) is 0 Å². The van der Waals surface area contributed by atoms with Crippen LogP contribution < -0.4 is 5.32 Å². The Bertz CT molecular complexity index is 437. The van der Waals surface area contributed by atoms with Gasteiger partial charge in [0.05, 0.1) is 0 Å². The van der Waals surface area contributed by atoms with Crippen molar-refractivity contribution in [2.75, 3.05) is 13.1 Å². The minimum Gasteiger partial charge on any atom is -0.308 e. The molecule has 0 aliphatic carbocycles. The summed E-state index contributed by atoms with van der Waals surface area (Å²) in [7, 11) is 0. The number of nitrogens with zero attached hydrogens (tertiary/aromatic N) is 1. The zero-order valence-electron chi connectivity index (χ0n) is 13.8. The van der Waals surface area contributed by atoms with Crippen LogP contribution in [0.2, 0.25) is 0 Å². The lowest BCUT2D eigenvalue weighted by molar-refractivity contribution is 0.0443. The van der Waals surface area contributed by atoms with E-state index in [4.69, 9.17) is 0 Å². The van der Waals surface area contributed by atoms with Crippen molar-refractivity contribution in [2.45, 2.75) is 58.7 Å². The molecule has 2 rings (SSSR count). The highest BCUT2D eigenvalue weighted by atomic mass is 19.1. The van der Waals surface area contributed by atoms with Gasteiger partial charge in [-0.05, 0) is 36.5 Å². The Balaban J connectivity index is 2.15. The third-order valence-corrected chi connectivity index (χ3v) is 5.08. The first-order valence-corrected chi connectivity index (χ1v) is 8.23. The van der Waals surface area contributed by atoms with Gasteiger partial charge in [-0.2, -0.15) is 0 Å². The highest BCUT2D eigenvalue weighted by Crippen LogP contribution is 2.27. The van der Waals surface area contributed by atoms with Crippen LogP contribution in [0.5, 0.6) is 0 Å². The molecule has 2 nitrogen and oxygen atoms in total.